The lowest BCUT2D eigenvalue weighted by atomic mass is 10.1. The minimum Gasteiger partial charge on any atom is -0.493 e. The zero-order valence-electron chi connectivity index (χ0n) is 17.2. The molecule has 0 bridgehead atoms. The van der Waals surface area contributed by atoms with Crippen molar-refractivity contribution in [1.82, 2.24) is 9.97 Å². The number of rotatable bonds is 7. The van der Waals surface area contributed by atoms with Gasteiger partial charge < -0.3 is 9.47 Å². The SMILES string of the molecule is COc1ccc(/C=C/c2ccncc2)cc1Oc1ccc(/C=C\c2ccncc2)cc1. The van der Waals surface area contributed by atoms with Crippen molar-refractivity contribution in [1.29, 1.82) is 0 Å². The van der Waals surface area contributed by atoms with Gasteiger partial charge in [0.05, 0.1) is 7.11 Å². The Morgan fingerprint density at radius 2 is 1.03 bits per heavy atom. The molecule has 2 aromatic heterocycles. The molecule has 4 nitrogen and oxygen atoms in total. The summed E-state index contributed by atoms with van der Waals surface area (Å²) in [4.78, 5) is 8.07. The molecule has 0 spiro atoms. The van der Waals surface area contributed by atoms with Crippen LogP contribution in [0.3, 0.4) is 0 Å². The maximum absolute atomic E-state index is 6.11. The molecule has 0 saturated carbocycles. The highest BCUT2D eigenvalue weighted by atomic mass is 16.5. The van der Waals surface area contributed by atoms with E-state index in [1.165, 1.54) is 0 Å². The average Bonchev–Trinajstić information content (AvgIpc) is 2.84. The molecule has 2 heterocycles. The van der Waals surface area contributed by atoms with Gasteiger partial charge in [0.25, 0.3) is 0 Å². The van der Waals surface area contributed by atoms with Crippen LogP contribution in [0.5, 0.6) is 17.2 Å². The van der Waals surface area contributed by atoms with Crippen LogP contribution in [0.2, 0.25) is 0 Å². The van der Waals surface area contributed by atoms with Gasteiger partial charge in [-0.2, -0.15) is 0 Å². The van der Waals surface area contributed by atoms with Crippen molar-refractivity contribution < 1.29 is 9.47 Å². The number of hydrogen-bond acceptors (Lipinski definition) is 4. The topological polar surface area (TPSA) is 44.2 Å². The van der Waals surface area contributed by atoms with Crippen molar-refractivity contribution in [3.63, 3.8) is 0 Å². The zero-order valence-corrected chi connectivity index (χ0v) is 17.2. The molecule has 0 radical (unpaired) electrons. The van der Waals surface area contributed by atoms with E-state index in [2.05, 4.69) is 22.1 Å². The standard InChI is InChI=1S/C27H22N2O2/c1-30-26-11-8-24(5-4-23-14-18-29-19-15-23)20-27(26)31-25-9-6-21(7-10-25)2-3-22-12-16-28-17-13-22/h2-20H,1H3/b3-2-,5-4+. The van der Waals surface area contributed by atoms with Crippen molar-refractivity contribution in [2.45, 2.75) is 0 Å². The second-order valence-electron chi connectivity index (χ2n) is 6.81. The van der Waals surface area contributed by atoms with Gasteiger partial charge in [-0.1, -0.05) is 42.5 Å². The van der Waals surface area contributed by atoms with Gasteiger partial charge in [0.15, 0.2) is 11.5 Å². The van der Waals surface area contributed by atoms with Crippen LogP contribution in [0.1, 0.15) is 22.3 Å². The third-order valence-electron chi connectivity index (χ3n) is 4.64. The van der Waals surface area contributed by atoms with E-state index in [1.54, 1.807) is 31.9 Å². The van der Waals surface area contributed by atoms with Gasteiger partial charge in [-0.05, 0) is 70.8 Å². The first-order valence-electron chi connectivity index (χ1n) is 9.92. The van der Waals surface area contributed by atoms with E-state index >= 15 is 0 Å². The van der Waals surface area contributed by atoms with Crippen molar-refractivity contribution in [2.24, 2.45) is 0 Å². The maximum Gasteiger partial charge on any atom is 0.169 e. The van der Waals surface area contributed by atoms with Crippen LogP contribution in [0.4, 0.5) is 0 Å². The summed E-state index contributed by atoms with van der Waals surface area (Å²) >= 11 is 0. The van der Waals surface area contributed by atoms with Gasteiger partial charge in [0.2, 0.25) is 0 Å². The van der Waals surface area contributed by atoms with E-state index in [9.17, 15) is 0 Å². The Hall–Kier alpha value is -4.18. The molecule has 0 atom stereocenters. The van der Waals surface area contributed by atoms with Gasteiger partial charge in [-0.25, -0.2) is 0 Å². The van der Waals surface area contributed by atoms with Crippen LogP contribution in [0.15, 0.2) is 91.5 Å². The molecule has 31 heavy (non-hydrogen) atoms. The minimum absolute atomic E-state index is 0.666. The fraction of sp³-hybridized carbons (Fsp3) is 0.0370. The third-order valence-corrected chi connectivity index (χ3v) is 4.64. The summed E-state index contributed by atoms with van der Waals surface area (Å²) in [6.45, 7) is 0. The second kappa shape index (κ2) is 10.0. The first kappa shape index (κ1) is 20.1. The lowest BCUT2D eigenvalue weighted by molar-refractivity contribution is 0.379. The smallest absolute Gasteiger partial charge is 0.169 e. The fourth-order valence-corrected chi connectivity index (χ4v) is 2.98. The van der Waals surface area contributed by atoms with Crippen molar-refractivity contribution in [3.05, 3.63) is 114 Å². The van der Waals surface area contributed by atoms with E-state index in [-0.39, 0.29) is 0 Å². The van der Waals surface area contributed by atoms with Crippen LogP contribution < -0.4 is 9.47 Å². The van der Waals surface area contributed by atoms with E-state index in [0.29, 0.717) is 11.5 Å². The summed E-state index contributed by atoms with van der Waals surface area (Å²) in [5.74, 6) is 2.09. The molecule has 4 heteroatoms. The molecule has 0 N–H and O–H groups in total. The highest BCUT2D eigenvalue weighted by Crippen LogP contribution is 2.33. The number of methoxy groups -OCH3 is 1. The number of ether oxygens (including phenoxy) is 2. The quantitative estimate of drug-likeness (QED) is 0.346. The first-order valence-corrected chi connectivity index (χ1v) is 9.92. The summed E-state index contributed by atoms with van der Waals surface area (Å²) in [7, 11) is 1.64. The van der Waals surface area contributed by atoms with Crippen LogP contribution in [-0.2, 0) is 0 Å². The van der Waals surface area contributed by atoms with Crippen molar-refractivity contribution >= 4 is 24.3 Å². The van der Waals surface area contributed by atoms with E-state index < -0.39 is 0 Å². The number of benzene rings is 2. The van der Waals surface area contributed by atoms with Crippen LogP contribution in [-0.4, -0.2) is 17.1 Å². The molecule has 0 saturated heterocycles. The molecule has 0 aliphatic carbocycles. The van der Waals surface area contributed by atoms with Gasteiger partial charge in [0.1, 0.15) is 5.75 Å². The fourth-order valence-electron chi connectivity index (χ4n) is 2.98. The largest absolute Gasteiger partial charge is 0.493 e. The first-order chi connectivity index (χ1) is 15.3. The Morgan fingerprint density at radius 3 is 1.58 bits per heavy atom. The molecular formula is C27H22N2O2. The molecule has 0 aliphatic rings. The minimum atomic E-state index is 0.666. The highest BCUT2D eigenvalue weighted by Gasteiger charge is 2.06. The zero-order chi connectivity index (χ0) is 21.3. The van der Waals surface area contributed by atoms with Crippen LogP contribution >= 0.6 is 0 Å². The summed E-state index contributed by atoms with van der Waals surface area (Å²) in [6.07, 6.45) is 15.3. The van der Waals surface area contributed by atoms with E-state index in [1.807, 2.05) is 78.9 Å². The lowest BCUT2D eigenvalue weighted by Crippen LogP contribution is -1.91. The van der Waals surface area contributed by atoms with E-state index in [4.69, 9.17) is 9.47 Å². The van der Waals surface area contributed by atoms with E-state index in [0.717, 1.165) is 28.0 Å². The molecule has 0 aliphatic heterocycles. The molecule has 0 amide bonds. The monoisotopic (exact) mass is 406 g/mol. The van der Waals surface area contributed by atoms with Gasteiger partial charge in [-0.3, -0.25) is 9.97 Å². The Balaban J connectivity index is 1.49. The summed E-state index contributed by atoms with van der Waals surface area (Å²) in [5.41, 5.74) is 4.30. The average molecular weight is 406 g/mol. The molecule has 4 rings (SSSR count). The Morgan fingerprint density at radius 1 is 0.548 bits per heavy atom. The molecule has 152 valence electrons. The number of hydrogen-bond donors (Lipinski definition) is 0. The predicted molar refractivity (Wildman–Crippen MR) is 126 cm³/mol. The Kier molecular flexibility index (Phi) is 6.51. The van der Waals surface area contributed by atoms with Crippen LogP contribution in [0, 0.1) is 0 Å². The second-order valence-corrected chi connectivity index (χ2v) is 6.81. The summed E-state index contributed by atoms with van der Waals surface area (Å²) in [6, 6.07) is 21.7. The normalized spacial score (nSPS) is 11.1. The molecule has 2 aromatic carbocycles. The molecule has 0 unspecified atom stereocenters. The van der Waals surface area contributed by atoms with Gasteiger partial charge >= 0.3 is 0 Å². The number of aromatic nitrogens is 2. The predicted octanol–water partition coefficient (Wildman–Crippen LogP) is 6.62. The van der Waals surface area contributed by atoms with Crippen molar-refractivity contribution in [2.75, 3.05) is 7.11 Å². The molecular weight excluding hydrogens is 384 g/mol. The maximum atomic E-state index is 6.11. The Bertz CT molecular complexity index is 1170. The third kappa shape index (κ3) is 5.67. The van der Waals surface area contributed by atoms with Gasteiger partial charge in [0, 0.05) is 24.8 Å². The number of pyridine rings is 2. The lowest BCUT2D eigenvalue weighted by Gasteiger charge is -2.11. The Labute approximate surface area is 182 Å². The number of nitrogens with zero attached hydrogens (tertiary/aromatic N) is 2. The summed E-state index contributed by atoms with van der Waals surface area (Å²) < 4.78 is 11.6. The molecule has 0 fully saturated rings. The van der Waals surface area contributed by atoms with Gasteiger partial charge in [-0.15, -0.1) is 0 Å². The molecule has 4 aromatic rings. The van der Waals surface area contributed by atoms with Crippen LogP contribution in [0.25, 0.3) is 24.3 Å². The van der Waals surface area contributed by atoms with Crippen molar-refractivity contribution in [3.8, 4) is 17.2 Å². The highest BCUT2D eigenvalue weighted by molar-refractivity contribution is 5.71. The summed E-state index contributed by atoms with van der Waals surface area (Å²) in [5, 5.41) is 0.